The number of anilines is 1. The molecule has 0 aliphatic rings. The van der Waals surface area contributed by atoms with Crippen molar-refractivity contribution in [2.45, 2.75) is 52.1 Å². The fourth-order valence-corrected chi connectivity index (χ4v) is 3.87. The number of nitrogens with zero attached hydrogens (tertiary/aromatic N) is 1. The standard InChI is InChI=1S/C27H31N3O8/c1-4-18-11-19(9-16(2)26(18)37)27(38)28-17(3)10-23(33)21-7-5-6-8-22(21)30(15-32)13-24(34)29-20(14-31)12-25(35)36/h5-9,11,14-15,17,20,37H,4,10,12-13H2,1-3H3,(H,28,38)(H,29,34)(H,35,36). The zero-order valence-electron chi connectivity index (χ0n) is 21.4. The summed E-state index contributed by atoms with van der Waals surface area (Å²) in [5.74, 6) is -2.73. The molecule has 0 heterocycles. The van der Waals surface area contributed by atoms with Crippen LogP contribution in [0, 0.1) is 6.92 Å². The van der Waals surface area contributed by atoms with Gasteiger partial charge in [-0.1, -0.05) is 19.1 Å². The van der Waals surface area contributed by atoms with Crippen molar-refractivity contribution in [1.29, 1.82) is 0 Å². The van der Waals surface area contributed by atoms with E-state index in [1.54, 1.807) is 38.1 Å². The van der Waals surface area contributed by atoms with E-state index in [9.17, 15) is 33.9 Å². The Kier molecular flexibility index (Phi) is 10.7. The minimum absolute atomic E-state index is 0.106. The predicted molar refractivity (Wildman–Crippen MR) is 138 cm³/mol. The molecule has 0 aliphatic carbocycles. The van der Waals surface area contributed by atoms with Gasteiger partial charge in [0.2, 0.25) is 12.3 Å². The number of aromatic hydroxyl groups is 1. The van der Waals surface area contributed by atoms with Crippen LogP contribution >= 0.6 is 0 Å². The van der Waals surface area contributed by atoms with Crippen molar-refractivity contribution in [3.05, 3.63) is 58.7 Å². The third-order valence-corrected chi connectivity index (χ3v) is 5.75. The number of para-hydroxylation sites is 1. The highest BCUT2D eigenvalue weighted by molar-refractivity contribution is 6.05. The number of benzene rings is 2. The number of carbonyl (C=O) groups excluding carboxylic acids is 5. The first-order valence-electron chi connectivity index (χ1n) is 11.9. The van der Waals surface area contributed by atoms with Gasteiger partial charge in [0.05, 0.1) is 18.2 Å². The average Bonchev–Trinajstić information content (AvgIpc) is 2.87. The van der Waals surface area contributed by atoms with Gasteiger partial charge in [0.15, 0.2) is 5.78 Å². The van der Waals surface area contributed by atoms with Gasteiger partial charge in [-0.3, -0.25) is 24.0 Å². The molecule has 3 amide bonds. The van der Waals surface area contributed by atoms with Crippen LogP contribution in [0.4, 0.5) is 5.69 Å². The minimum atomic E-state index is -1.28. The molecule has 2 aromatic rings. The number of Topliss-reactive ketones (excluding diaryl/α,β-unsaturated/α-hetero) is 1. The highest BCUT2D eigenvalue weighted by Crippen LogP contribution is 2.25. The summed E-state index contributed by atoms with van der Waals surface area (Å²) in [5.41, 5.74) is 1.83. The lowest BCUT2D eigenvalue weighted by Gasteiger charge is -2.21. The molecule has 2 rings (SSSR count). The molecular formula is C27H31N3O8. The van der Waals surface area contributed by atoms with Crippen LogP contribution in [0.5, 0.6) is 5.75 Å². The summed E-state index contributed by atoms with van der Waals surface area (Å²) in [7, 11) is 0. The summed E-state index contributed by atoms with van der Waals surface area (Å²) in [6, 6.07) is 7.42. The summed E-state index contributed by atoms with van der Waals surface area (Å²) in [5, 5.41) is 23.9. The molecule has 2 aromatic carbocycles. The molecule has 0 radical (unpaired) electrons. The van der Waals surface area contributed by atoms with Crippen LogP contribution in [0.25, 0.3) is 0 Å². The Bertz CT molecular complexity index is 1230. The first kappa shape index (κ1) is 29.7. The first-order chi connectivity index (χ1) is 18.0. The second kappa shape index (κ2) is 13.7. The van der Waals surface area contributed by atoms with E-state index in [1.807, 2.05) is 6.92 Å². The number of aryl methyl sites for hydroxylation is 2. The number of ketones is 1. The number of carboxylic acid groups (broad SMARTS) is 1. The molecule has 202 valence electrons. The Morgan fingerprint density at radius 3 is 2.34 bits per heavy atom. The van der Waals surface area contributed by atoms with Crippen molar-refractivity contribution in [3.8, 4) is 5.75 Å². The van der Waals surface area contributed by atoms with E-state index in [0.717, 1.165) is 4.90 Å². The fourth-order valence-electron chi connectivity index (χ4n) is 3.87. The quantitative estimate of drug-likeness (QED) is 0.214. The van der Waals surface area contributed by atoms with Crippen LogP contribution in [0.15, 0.2) is 36.4 Å². The Balaban J connectivity index is 2.13. The molecule has 4 N–H and O–H groups in total. The van der Waals surface area contributed by atoms with Crippen LogP contribution in [-0.2, 0) is 25.6 Å². The number of phenols is 1. The number of aldehydes is 1. The molecule has 0 spiro atoms. The van der Waals surface area contributed by atoms with Crippen molar-refractivity contribution in [2.24, 2.45) is 0 Å². The van der Waals surface area contributed by atoms with E-state index in [4.69, 9.17) is 5.11 Å². The molecule has 0 fully saturated rings. The van der Waals surface area contributed by atoms with Crippen LogP contribution in [-0.4, -0.2) is 65.1 Å². The third-order valence-electron chi connectivity index (χ3n) is 5.75. The van der Waals surface area contributed by atoms with E-state index < -0.39 is 48.6 Å². The Morgan fingerprint density at radius 1 is 1.05 bits per heavy atom. The van der Waals surface area contributed by atoms with Gasteiger partial charge < -0.3 is 30.5 Å². The van der Waals surface area contributed by atoms with Gasteiger partial charge in [-0.25, -0.2) is 0 Å². The lowest BCUT2D eigenvalue weighted by molar-refractivity contribution is -0.138. The number of hydrogen-bond donors (Lipinski definition) is 4. The number of rotatable bonds is 14. The number of nitrogens with one attached hydrogen (secondary N) is 2. The van der Waals surface area contributed by atoms with Gasteiger partial charge in [-0.2, -0.15) is 0 Å². The minimum Gasteiger partial charge on any atom is -0.507 e. The third kappa shape index (κ3) is 7.99. The van der Waals surface area contributed by atoms with Crippen molar-refractivity contribution < 1.29 is 39.0 Å². The monoisotopic (exact) mass is 525 g/mol. The number of carboxylic acids is 1. The number of aliphatic carboxylic acids is 1. The maximum atomic E-state index is 13.1. The number of hydrogen-bond acceptors (Lipinski definition) is 7. The van der Waals surface area contributed by atoms with Crippen LogP contribution in [0.1, 0.15) is 58.5 Å². The molecule has 38 heavy (non-hydrogen) atoms. The normalized spacial score (nSPS) is 12.1. The highest BCUT2D eigenvalue weighted by Gasteiger charge is 2.22. The molecule has 11 heteroatoms. The predicted octanol–water partition coefficient (Wildman–Crippen LogP) is 1.78. The Hall–Kier alpha value is -4.54. The summed E-state index contributed by atoms with van der Waals surface area (Å²) in [4.78, 5) is 72.8. The number of carbonyl (C=O) groups is 6. The zero-order chi connectivity index (χ0) is 28.4. The van der Waals surface area contributed by atoms with Crippen molar-refractivity contribution in [1.82, 2.24) is 10.6 Å². The lowest BCUT2D eigenvalue weighted by Crippen LogP contribution is -2.43. The van der Waals surface area contributed by atoms with E-state index in [1.165, 1.54) is 12.1 Å². The smallest absolute Gasteiger partial charge is 0.305 e. The summed E-state index contributed by atoms with van der Waals surface area (Å²) >= 11 is 0. The van der Waals surface area contributed by atoms with Crippen molar-refractivity contribution in [2.75, 3.05) is 11.4 Å². The maximum absolute atomic E-state index is 13.1. The first-order valence-corrected chi connectivity index (χ1v) is 11.9. The topological polar surface area (TPSA) is 170 Å². The average molecular weight is 526 g/mol. The van der Waals surface area contributed by atoms with Gasteiger partial charge in [0, 0.05) is 23.6 Å². The highest BCUT2D eigenvalue weighted by atomic mass is 16.4. The van der Waals surface area contributed by atoms with Crippen molar-refractivity contribution in [3.63, 3.8) is 0 Å². The van der Waals surface area contributed by atoms with E-state index in [-0.39, 0.29) is 29.7 Å². The summed E-state index contributed by atoms with van der Waals surface area (Å²) in [6.07, 6.45) is 0.457. The molecule has 0 saturated heterocycles. The van der Waals surface area contributed by atoms with Gasteiger partial charge in [-0.15, -0.1) is 0 Å². The van der Waals surface area contributed by atoms with Gasteiger partial charge in [0.25, 0.3) is 5.91 Å². The molecular weight excluding hydrogens is 494 g/mol. The van der Waals surface area contributed by atoms with Crippen LogP contribution < -0.4 is 15.5 Å². The molecule has 11 nitrogen and oxygen atoms in total. The Labute approximate surface area is 219 Å². The van der Waals surface area contributed by atoms with Gasteiger partial charge >= 0.3 is 5.97 Å². The van der Waals surface area contributed by atoms with Gasteiger partial charge in [0.1, 0.15) is 18.6 Å². The van der Waals surface area contributed by atoms with E-state index >= 15 is 0 Å². The molecule has 0 bridgehead atoms. The summed E-state index contributed by atoms with van der Waals surface area (Å²) < 4.78 is 0. The Morgan fingerprint density at radius 2 is 1.74 bits per heavy atom. The number of amides is 3. The second-order valence-corrected chi connectivity index (χ2v) is 8.81. The van der Waals surface area contributed by atoms with Crippen LogP contribution in [0.2, 0.25) is 0 Å². The molecule has 0 aliphatic heterocycles. The second-order valence-electron chi connectivity index (χ2n) is 8.81. The number of phenolic OH excluding ortho intramolecular Hbond substituents is 1. The molecule has 0 aromatic heterocycles. The van der Waals surface area contributed by atoms with Crippen LogP contribution in [0.3, 0.4) is 0 Å². The van der Waals surface area contributed by atoms with E-state index in [0.29, 0.717) is 29.5 Å². The molecule has 2 unspecified atom stereocenters. The van der Waals surface area contributed by atoms with E-state index in [2.05, 4.69) is 10.6 Å². The molecule has 0 saturated carbocycles. The van der Waals surface area contributed by atoms with Crippen molar-refractivity contribution >= 4 is 42.0 Å². The lowest BCUT2D eigenvalue weighted by atomic mass is 10.0. The van der Waals surface area contributed by atoms with Gasteiger partial charge in [-0.05, 0) is 55.7 Å². The molecule has 2 atom stereocenters. The SMILES string of the molecule is CCc1cc(C(=O)NC(C)CC(=O)c2ccccc2N(C=O)CC(=O)NC(C=O)CC(=O)O)cc(C)c1O. The zero-order valence-corrected chi connectivity index (χ0v) is 21.4. The largest absolute Gasteiger partial charge is 0.507 e. The fraction of sp³-hybridized carbons (Fsp3) is 0.333. The summed E-state index contributed by atoms with van der Waals surface area (Å²) in [6.45, 7) is 4.65. The maximum Gasteiger partial charge on any atom is 0.305 e.